The van der Waals surface area contributed by atoms with Gasteiger partial charge in [0.05, 0.1) is 5.56 Å². The molecular weight excluding hydrogens is 212 g/mol. The lowest BCUT2D eigenvalue weighted by atomic mass is 10.0. The maximum atomic E-state index is 11.1. The molecule has 0 spiro atoms. The molecule has 88 valence electrons. The first-order valence-corrected chi connectivity index (χ1v) is 5.67. The lowest BCUT2D eigenvalue weighted by Crippen LogP contribution is -2.23. The van der Waals surface area contributed by atoms with Crippen molar-refractivity contribution in [3.05, 3.63) is 42.0 Å². The van der Waals surface area contributed by atoms with Gasteiger partial charge in [-0.15, -0.1) is 0 Å². The summed E-state index contributed by atoms with van der Waals surface area (Å²) in [6, 6.07) is 11.7. The number of aldehydes is 1. The van der Waals surface area contributed by atoms with Crippen molar-refractivity contribution in [2.45, 2.75) is 26.4 Å². The van der Waals surface area contributed by atoms with Crippen molar-refractivity contribution in [2.24, 2.45) is 0 Å². The van der Waals surface area contributed by atoms with Crippen LogP contribution in [0.5, 0.6) is 5.75 Å². The minimum atomic E-state index is -0.318. The summed E-state index contributed by atoms with van der Waals surface area (Å²) in [5.74, 6) is 0.672. The molecule has 0 atom stereocenters. The van der Waals surface area contributed by atoms with Gasteiger partial charge in [-0.3, -0.25) is 4.79 Å². The Bertz CT molecular complexity index is 550. The van der Waals surface area contributed by atoms with Crippen LogP contribution in [0.25, 0.3) is 10.8 Å². The van der Waals surface area contributed by atoms with Gasteiger partial charge in [0.2, 0.25) is 0 Å². The summed E-state index contributed by atoms with van der Waals surface area (Å²) >= 11 is 0. The third-order valence-corrected chi connectivity index (χ3v) is 2.45. The number of ether oxygens (including phenoxy) is 1. The third kappa shape index (κ3) is 2.47. The Morgan fingerprint density at radius 1 is 1.06 bits per heavy atom. The number of carbonyl (C=O) groups excluding carboxylic acids is 1. The first-order chi connectivity index (χ1) is 8.01. The largest absolute Gasteiger partial charge is 0.487 e. The van der Waals surface area contributed by atoms with E-state index in [2.05, 4.69) is 0 Å². The van der Waals surface area contributed by atoms with E-state index in [9.17, 15) is 4.79 Å². The second-order valence-electron chi connectivity index (χ2n) is 5.04. The van der Waals surface area contributed by atoms with Gasteiger partial charge in [0.15, 0.2) is 6.29 Å². The molecule has 2 rings (SSSR count). The highest BCUT2D eigenvalue weighted by Crippen LogP contribution is 2.31. The van der Waals surface area contributed by atoms with E-state index in [1.165, 1.54) is 0 Å². The van der Waals surface area contributed by atoms with E-state index in [0.717, 1.165) is 17.1 Å². The molecule has 17 heavy (non-hydrogen) atoms. The Morgan fingerprint density at radius 2 is 1.76 bits per heavy atom. The molecule has 2 nitrogen and oxygen atoms in total. The van der Waals surface area contributed by atoms with Crippen molar-refractivity contribution in [3.63, 3.8) is 0 Å². The maximum absolute atomic E-state index is 11.1. The van der Waals surface area contributed by atoms with E-state index in [1.807, 2.05) is 51.1 Å². The highest BCUT2D eigenvalue weighted by Gasteiger charge is 2.16. The minimum Gasteiger partial charge on any atom is -0.487 e. The predicted molar refractivity (Wildman–Crippen MR) is 69.7 cm³/mol. The Kier molecular flexibility index (Phi) is 2.88. The number of rotatable bonds is 2. The zero-order valence-electron chi connectivity index (χ0n) is 10.4. The fraction of sp³-hybridized carbons (Fsp3) is 0.267. The highest BCUT2D eigenvalue weighted by molar-refractivity contribution is 5.96. The SMILES string of the molecule is CC(C)(C)Oc1c(C=O)ccc2ccccc12. The molecule has 0 saturated carbocycles. The van der Waals surface area contributed by atoms with Gasteiger partial charge in [-0.05, 0) is 32.2 Å². The van der Waals surface area contributed by atoms with Crippen LogP contribution in [0.4, 0.5) is 0 Å². The minimum absolute atomic E-state index is 0.318. The average Bonchev–Trinajstić information content (AvgIpc) is 2.28. The molecular formula is C15H16O2. The van der Waals surface area contributed by atoms with Crippen LogP contribution in [0, 0.1) is 0 Å². The molecule has 2 aromatic rings. The smallest absolute Gasteiger partial charge is 0.153 e. The Hall–Kier alpha value is -1.83. The van der Waals surface area contributed by atoms with Gasteiger partial charge in [0.1, 0.15) is 11.4 Å². The van der Waals surface area contributed by atoms with E-state index in [1.54, 1.807) is 6.07 Å². The zero-order valence-corrected chi connectivity index (χ0v) is 10.4. The number of hydrogen-bond donors (Lipinski definition) is 0. The summed E-state index contributed by atoms with van der Waals surface area (Å²) in [4.78, 5) is 11.1. The number of fused-ring (bicyclic) bond motifs is 1. The van der Waals surface area contributed by atoms with Crippen molar-refractivity contribution >= 4 is 17.1 Å². The molecule has 0 bridgehead atoms. The lowest BCUT2D eigenvalue weighted by molar-refractivity contribution is 0.109. The molecule has 0 unspecified atom stereocenters. The molecule has 0 fully saturated rings. The molecule has 0 amide bonds. The van der Waals surface area contributed by atoms with Crippen molar-refractivity contribution < 1.29 is 9.53 Å². The van der Waals surface area contributed by atoms with Crippen molar-refractivity contribution in [3.8, 4) is 5.75 Å². The normalized spacial score (nSPS) is 11.5. The standard InChI is InChI=1S/C15H16O2/c1-15(2,3)17-14-12(10-16)9-8-11-6-4-5-7-13(11)14/h4-10H,1-3H3. The van der Waals surface area contributed by atoms with Crippen molar-refractivity contribution in [1.29, 1.82) is 0 Å². The van der Waals surface area contributed by atoms with Gasteiger partial charge >= 0.3 is 0 Å². The molecule has 0 aliphatic rings. The summed E-state index contributed by atoms with van der Waals surface area (Å²) in [6.07, 6.45) is 0.841. The Morgan fingerprint density at radius 3 is 2.41 bits per heavy atom. The molecule has 0 aliphatic carbocycles. The summed E-state index contributed by atoms with van der Waals surface area (Å²) in [5.41, 5.74) is 0.278. The van der Waals surface area contributed by atoms with Crippen LogP contribution in [0.15, 0.2) is 36.4 Å². The van der Waals surface area contributed by atoms with E-state index in [-0.39, 0.29) is 5.60 Å². The van der Waals surface area contributed by atoms with Gasteiger partial charge in [-0.2, -0.15) is 0 Å². The fourth-order valence-electron chi connectivity index (χ4n) is 1.77. The van der Waals surface area contributed by atoms with Crippen LogP contribution < -0.4 is 4.74 Å². The molecule has 0 N–H and O–H groups in total. The number of benzene rings is 2. The fourth-order valence-corrected chi connectivity index (χ4v) is 1.77. The van der Waals surface area contributed by atoms with Crippen LogP contribution in [0.1, 0.15) is 31.1 Å². The van der Waals surface area contributed by atoms with E-state index >= 15 is 0 Å². The molecule has 0 heterocycles. The summed E-state index contributed by atoms with van der Waals surface area (Å²) in [5, 5.41) is 2.06. The quantitative estimate of drug-likeness (QED) is 0.730. The molecule has 0 radical (unpaired) electrons. The van der Waals surface area contributed by atoms with Crippen LogP contribution in [-0.4, -0.2) is 11.9 Å². The molecule has 2 heteroatoms. The van der Waals surface area contributed by atoms with Crippen LogP contribution in [0.2, 0.25) is 0 Å². The molecule has 0 saturated heterocycles. The first kappa shape index (κ1) is 11.6. The van der Waals surface area contributed by atoms with Gasteiger partial charge in [0.25, 0.3) is 0 Å². The van der Waals surface area contributed by atoms with Gasteiger partial charge in [-0.1, -0.05) is 30.3 Å². The third-order valence-electron chi connectivity index (χ3n) is 2.45. The van der Waals surface area contributed by atoms with E-state index < -0.39 is 0 Å². The molecule has 0 aromatic heterocycles. The average molecular weight is 228 g/mol. The van der Waals surface area contributed by atoms with Crippen molar-refractivity contribution in [1.82, 2.24) is 0 Å². The Labute approximate surface area is 101 Å². The number of carbonyl (C=O) groups is 1. The van der Waals surface area contributed by atoms with Crippen LogP contribution in [-0.2, 0) is 0 Å². The predicted octanol–water partition coefficient (Wildman–Crippen LogP) is 3.83. The highest BCUT2D eigenvalue weighted by atomic mass is 16.5. The summed E-state index contributed by atoms with van der Waals surface area (Å²) in [6.45, 7) is 5.93. The summed E-state index contributed by atoms with van der Waals surface area (Å²) in [7, 11) is 0. The Balaban J connectivity index is 2.67. The second-order valence-corrected chi connectivity index (χ2v) is 5.04. The van der Waals surface area contributed by atoms with Crippen LogP contribution >= 0.6 is 0 Å². The van der Waals surface area contributed by atoms with Crippen molar-refractivity contribution in [2.75, 3.05) is 0 Å². The van der Waals surface area contributed by atoms with Gasteiger partial charge in [-0.25, -0.2) is 0 Å². The van der Waals surface area contributed by atoms with E-state index in [4.69, 9.17) is 4.74 Å². The lowest BCUT2D eigenvalue weighted by Gasteiger charge is -2.23. The van der Waals surface area contributed by atoms with Gasteiger partial charge < -0.3 is 4.74 Å². The van der Waals surface area contributed by atoms with E-state index in [0.29, 0.717) is 11.3 Å². The molecule has 2 aromatic carbocycles. The first-order valence-electron chi connectivity index (χ1n) is 5.67. The summed E-state index contributed by atoms with van der Waals surface area (Å²) < 4.78 is 5.91. The number of hydrogen-bond acceptors (Lipinski definition) is 2. The van der Waals surface area contributed by atoms with Crippen LogP contribution in [0.3, 0.4) is 0 Å². The monoisotopic (exact) mass is 228 g/mol. The molecule has 0 aliphatic heterocycles. The van der Waals surface area contributed by atoms with Gasteiger partial charge in [0, 0.05) is 5.39 Å². The zero-order chi connectivity index (χ0) is 12.5. The second kappa shape index (κ2) is 4.21. The topological polar surface area (TPSA) is 26.3 Å². The maximum Gasteiger partial charge on any atom is 0.153 e.